The SMILES string of the molecule is CCNCC(COC)N1CCN(CC)C(C)C1. The van der Waals surface area contributed by atoms with Crippen LogP contribution < -0.4 is 5.32 Å². The van der Waals surface area contributed by atoms with E-state index in [4.69, 9.17) is 4.74 Å². The molecule has 4 heteroatoms. The lowest BCUT2D eigenvalue weighted by molar-refractivity contribution is 0.0269. The van der Waals surface area contributed by atoms with E-state index in [0.717, 1.165) is 39.3 Å². The Bertz CT molecular complexity index is 201. The van der Waals surface area contributed by atoms with Gasteiger partial charge in [-0.1, -0.05) is 13.8 Å². The highest BCUT2D eigenvalue weighted by atomic mass is 16.5. The molecule has 0 aliphatic carbocycles. The fourth-order valence-corrected chi connectivity index (χ4v) is 2.62. The van der Waals surface area contributed by atoms with Gasteiger partial charge in [0.25, 0.3) is 0 Å². The van der Waals surface area contributed by atoms with Crippen molar-refractivity contribution >= 4 is 0 Å². The Balaban J connectivity index is 2.45. The van der Waals surface area contributed by atoms with Crippen LogP contribution in [0.1, 0.15) is 20.8 Å². The van der Waals surface area contributed by atoms with Gasteiger partial charge in [0.15, 0.2) is 0 Å². The Morgan fingerprint density at radius 1 is 1.35 bits per heavy atom. The van der Waals surface area contributed by atoms with Gasteiger partial charge in [0.1, 0.15) is 0 Å². The van der Waals surface area contributed by atoms with Crippen LogP contribution in [0, 0.1) is 0 Å². The van der Waals surface area contributed by atoms with Crippen LogP contribution in [0.15, 0.2) is 0 Å². The van der Waals surface area contributed by atoms with Crippen molar-refractivity contribution in [3.63, 3.8) is 0 Å². The molecule has 0 aromatic rings. The summed E-state index contributed by atoms with van der Waals surface area (Å²) in [6, 6.07) is 1.18. The second-order valence-electron chi connectivity index (χ2n) is 4.89. The summed E-state index contributed by atoms with van der Waals surface area (Å²) in [5.41, 5.74) is 0. The van der Waals surface area contributed by atoms with Crippen molar-refractivity contribution in [2.24, 2.45) is 0 Å². The lowest BCUT2D eigenvalue weighted by atomic mass is 10.1. The van der Waals surface area contributed by atoms with Crippen LogP contribution in [0.5, 0.6) is 0 Å². The molecule has 0 spiro atoms. The van der Waals surface area contributed by atoms with Crippen LogP contribution in [0.2, 0.25) is 0 Å². The van der Waals surface area contributed by atoms with Crippen molar-refractivity contribution in [3.05, 3.63) is 0 Å². The summed E-state index contributed by atoms with van der Waals surface area (Å²) in [7, 11) is 1.80. The largest absolute Gasteiger partial charge is 0.383 e. The van der Waals surface area contributed by atoms with Crippen LogP contribution in [0.3, 0.4) is 0 Å². The van der Waals surface area contributed by atoms with Gasteiger partial charge in [-0.15, -0.1) is 0 Å². The van der Waals surface area contributed by atoms with Crippen LogP contribution in [-0.4, -0.2) is 74.9 Å². The first-order valence-corrected chi connectivity index (χ1v) is 6.90. The van der Waals surface area contributed by atoms with Crippen LogP contribution in [0.4, 0.5) is 0 Å². The molecule has 0 amide bonds. The highest BCUT2D eigenvalue weighted by Crippen LogP contribution is 2.12. The zero-order chi connectivity index (χ0) is 12.7. The van der Waals surface area contributed by atoms with Crippen molar-refractivity contribution in [3.8, 4) is 0 Å². The van der Waals surface area contributed by atoms with Crippen molar-refractivity contribution < 1.29 is 4.74 Å². The number of hydrogen-bond donors (Lipinski definition) is 1. The minimum Gasteiger partial charge on any atom is -0.383 e. The fraction of sp³-hybridized carbons (Fsp3) is 1.00. The molecule has 4 nitrogen and oxygen atoms in total. The van der Waals surface area contributed by atoms with Crippen LogP contribution in [-0.2, 0) is 4.74 Å². The Kier molecular flexibility index (Phi) is 7.04. The summed E-state index contributed by atoms with van der Waals surface area (Å²) in [6.45, 7) is 14.3. The zero-order valence-electron chi connectivity index (χ0n) is 11.9. The van der Waals surface area contributed by atoms with Gasteiger partial charge >= 0.3 is 0 Å². The average Bonchev–Trinajstić information content (AvgIpc) is 2.34. The summed E-state index contributed by atoms with van der Waals surface area (Å²) in [5, 5.41) is 3.44. The second kappa shape index (κ2) is 8.03. The summed E-state index contributed by atoms with van der Waals surface area (Å²) in [6.07, 6.45) is 0. The van der Waals surface area contributed by atoms with Crippen molar-refractivity contribution in [1.82, 2.24) is 15.1 Å². The van der Waals surface area contributed by atoms with E-state index in [2.05, 4.69) is 35.9 Å². The van der Waals surface area contributed by atoms with Gasteiger partial charge in [-0.05, 0) is 20.0 Å². The van der Waals surface area contributed by atoms with E-state index < -0.39 is 0 Å². The maximum Gasteiger partial charge on any atom is 0.0630 e. The van der Waals surface area contributed by atoms with E-state index in [0.29, 0.717) is 12.1 Å². The van der Waals surface area contributed by atoms with E-state index in [1.54, 1.807) is 7.11 Å². The van der Waals surface area contributed by atoms with Gasteiger partial charge in [0.05, 0.1) is 6.61 Å². The molecular weight excluding hydrogens is 214 g/mol. The lowest BCUT2D eigenvalue weighted by Gasteiger charge is -2.42. The standard InChI is InChI=1S/C13H29N3O/c1-5-14-9-13(11-17-4)16-8-7-15(6-2)12(3)10-16/h12-14H,5-11H2,1-4H3. The third-order valence-electron chi connectivity index (χ3n) is 3.71. The lowest BCUT2D eigenvalue weighted by Crippen LogP contribution is -2.57. The van der Waals surface area contributed by atoms with Gasteiger partial charge < -0.3 is 10.1 Å². The Morgan fingerprint density at radius 3 is 2.65 bits per heavy atom. The van der Waals surface area contributed by atoms with Crippen molar-refractivity contribution in [2.45, 2.75) is 32.9 Å². The molecule has 1 saturated heterocycles. The topological polar surface area (TPSA) is 27.7 Å². The van der Waals surface area contributed by atoms with Gasteiger partial charge in [-0.2, -0.15) is 0 Å². The first-order valence-electron chi connectivity index (χ1n) is 6.90. The van der Waals surface area contributed by atoms with Gasteiger partial charge in [-0.3, -0.25) is 9.80 Å². The third-order valence-corrected chi connectivity index (χ3v) is 3.71. The summed E-state index contributed by atoms with van der Waals surface area (Å²) < 4.78 is 5.35. The predicted octanol–water partition coefficient (Wildman–Crippen LogP) is 0.637. The first kappa shape index (κ1) is 14.9. The normalized spacial score (nSPS) is 25.1. The number of nitrogens with zero attached hydrogens (tertiary/aromatic N) is 2. The highest BCUT2D eigenvalue weighted by Gasteiger charge is 2.27. The minimum absolute atomic E-state index is 0.515. The van der Waals surface area contributed by atoms with E-state index >= 15 is 0 Å². The molecule has 2 unspecified atom stereocenters. The smallest absolute Gasteiger partial charge is 0.0630 e. The van der Waals surface area contributed by atoms with Gasteiger partial charge in [0.2, 0.25) is 0 Å². The molecule has 0 radical (unpaired) electrons. The Labute approximate surface area is 106 Å². The first-order chi connectivity index (χ1) is 8.22. The molecule has 102 valence electrons. The molecule has 0 aromatic carbocycles. The molecule has 1 aliphatic heterocycles. The summed E-state index contributed by atoms with van der Waals surface area (Å²) in [4.78, 5) is 5.12. The number of rotatable bonds is 7. The number of nitrogens with one attached hydrogen (secondary N) is 1. The fourth-order valence-electron chi connectivity index (χ4n) is 2.62. The van der Waals surface area contributed by atoms with Crippen molar-refractivity contribution in [1.29, 1.82) is 0 Å². The molecule has 1 rings (SSSR count). The average molecular weight is 243 g/mol. The molecule has 0 saturated carbocycles. The van der Waals surface area contributed by atoms with Crippen molar-refractivity contribution in [2.75, 3.05) is 53.0 Å². The van der Waals surface area contributed by atoms with Gasteiger partial charge in [-0.25, -0.2) is 0 Å². The van der Waals surface area contributed by atoms with Gasteiger partial charge in [0, 0.05) is 45.4 Å². The number of likely N-dealkylation sites (N-methyl/N-ethyl adjacent to an activating group) is 2. The van der Waals surface area contributed by atoms with E-state index in [-0.39, 0.29) is 0 Å². The molecule has 1 aliphatic rings. The number of methoxy groups -OCH3 is 1. The van der Waals surface area contributed by atoms with E-state index in [1.165, 1.54) is 6.54 Å². The summed E-state index contributed by atoms with van der Waals surface area (Å²) >= 11 is 0. The van der Waals surface area contributed by atoms with E-state index in [1.807, 2.05) is 0 Å². The molecule has 1 heterocycles. The number of piperazine rings is 1. The molecule has 1 fully saturated rings. The quantitative estimate of drug-likeness (QED) is 0.710. The second-order valence-corrected chi connectivity index (χ2v) is 4.89. The molecular formula is C13H29N3O. The molecule has 1 N–H and O–H groups in total. The summed E-state index contributed by atoms with van der Waals surface area (Å²) in [5.74, 6) is 0. The molecule has 0 aromatic heterocycles. The Morgan fingerprint density at radius 2 is 2.12 bits per heavy atom. The molecule has 2 atom stereocenters. The zero-order valence-corrected chi connectivity index (χ0v) is 11.9. The third kappa shape index (κ3) is 4.54. The monoisotopic (exact) mass is 243 g/mol. The maximum atomic E-state index is 5.35. The Hall–Kier alpha value is -0.160. The molecule has 17 heavy (non-hydrogen) atoms. The predicted molar refractivity (Wildman–Crippen MR) is 72.5 cm³/mol. The van der Waals surface area contributed by atoms with E-state index in [9.17, 15) is 0 Å². The molecule has 0 bridgehead atoms. The van der Waals surface area contributed by atoms with Crippen LogP contribution >= 0.6 is 0 Å². The maximum absolute atomic E-state index is 5.35. The minimum atomic E-state index is 0.515. The highest BCUT2D eigenvalue weighted by molar-refractivity contribution is 4.83. The van der Waals surface area contributed by atoms with Crippen LogP contribution in [0.25, 0.3) is 0 Å². The number of hydrogen-bond acceptors (Lipinski definition) is 4. The number of ether oxygens (including phenoxy) is 1.